The Kier molecular flexibility index (Phi) is 3.76. The van der Waals surface area contributed by atoms with E-state index in [1.807, 2.05) is 6.07 Å². The van der Waals surface area contributed by atoms with E-state index < -0.39 is 0 Å². The Balaban J connectivity index is 1.59. The van der Waals surface area contributed by atoms with E-state index in [0.29, 0.717) is 6.04 Å². The highest BCUT2D eigenvalue weighted by Gasteiger charge is 2.19. The number of benzene rings is 1. The molecule has 0 radical (unpaired) electrons. The predicted molar refractivity (Wildman–Crippen MR) is 79.1 cm³/mol. The zero-order chi connectivity index (χ0) is 13.1. The van der Waals surface area contributed by atoms with E-state index in [2.05, 4.69) is 52.6 Å². The van der Waals surface area contributed by atoms with Crippen molar-refractivity contribution in [2.45, 2.75) is 25.4 Å². The summed E-state index contributed by atoms with van der Waals surface area (Å²) in [5.74, 6) is 0. The molecule has 0 bridgehead atoms. The first-order chi connectivity index (χ1) is 9.33. The molecule has 1 aliphatic heterocycles. The lowest BCUT2D eigenvalue weighted by Crippen LogP contribution is -2.35. The second-order valence-electron chi connectivity index (χ2n) is 5.40. The molecule has 1 aromatic heterocycles. The number of para-hydroxylation sites is 1. The van der Waals surface area contributed by atoms with Crippen LogP contribution in [0.15, 0.2) is 36.4 Å². The average Bonchev–Trinajstić information content (AvgIpc) is 2.84. The van der Waals surface area contributed by atoms with E-state index in [0.717, 1.165) is 24.3 Å². The second-order valence-corrected chi connectivity index (χ2v) is 5.40. The first-order valence-electron chi connectivity index (χ1n) is 7.08. The van der Waals surface area contributed by atoms with Crippen LogP contribution in [0.1, 0.15) is 18.5 Å². The zero-order valence-electron chi connectivity index (χ0n) is 11.5. The third-order valence-corrected chi connectivity index (χ3v) is 4.01. The largest absolute Gasteiger partial charge is 0.310 e. The fourth-order valence-corrected chi connectivity index (χ4v) is 2.81. The number of likely N-dealkylation sites (tertiary alicyclic amines) is 1. The summed E-state index contributed by atoms with van der Waals surface area (Å²) in [7, 11) is 2.22. The molecule has 1 N–H and O–H groups in total. The maximum atomic E-state index is 4.68. The molecule has 3 nitrogen and oxygen atoms in total. The molecule has 1 fully saturated rings. The van der Waals surface area contributed by atoms with Crippen LogP contribution >= 0.6 is 0 Å². The van der Waals surface area contributed by atoms with E-state index in [1.54, 1.807) is 0 Å². The van der Waals surface area contributed by atoms with E-state index >= 15 is 0 Å². The van der Waals surface area contributed by atoms with Crippen LogP contribution in [0.4, 0.5) is 0 Å². The summed E-state index contributed by atoms with van der Waals surface area (Å²) >= 11 is 0. The minimum Gasteiger partial charge on any atom is -0.310 e. The molecule has 3 heteroatoms. The van der Waals surface area contributed by atoms with Gasteiger partial charge in [0, 0.05) is 24.5 Å². The van der Waals surface area contributed by atoms with Crippen molar-refractivity contribution in [3.05, 3.63) is 42.1 Å². The van der Waals surface area contributed by atoms with Crippen LogP contribution in [0.3, 0.4) is 0 Å². The molecular weight excluding hydrogens is 234 g/mol. The highest BCUT2D eigenvalue weighted by Crippen LogP contribution is 2.14. The molecule has 0 spiro atoms. The van der Waals surface area contributed by atoms with Gasteiger partial charge in [-0.1, -0.05) is 24.3 Å². The fraction of sp³-hybridized carbons (Fsp3) is 0.438. The second kappa shape index (κ2) is 5.68. The number of rotatable bonds is 4. The smallest absolute Gasteiger partial charge is 0.0705 e. The Hall–Kier alpha value is -1.45. The Morgan fingerprint density at radius 3 is 3.00 bits per heavy atom. The van der Waals surface area contributed by atoms with Gasteiger partial charge in [0.2, 0.25) is 0 Å². The van der Waals surface area contributed by atoms with Crippen LogP contribution in [0.25, 0.3) is 10.9 Å². The highest BCUT2D eigenvalue weighted by molar-refractivity contribution is 5.78. The molecule has 0 saturated carbocycles. The number of hydrogen-bond acceptors (Lipinski definition) is 3. The van der Waals surface area contributed by atoms with Gasteiger partial charge in [-0.2, -0.15) is 0 Å². The minimum atomic E-state index is 0.695. The Morgan fingerprint density at radius 1 is 1.26 bits per heavy atom. The number of likely N-dealkylation sites (N-methyl/N-ethyl adjacent to an activating group) is 1. The van der Waals surface area contributed by atoms with Gasteiger partial charge in [0.1, 0.15) is 0 Å². The van der Waals surface area contributed by atoms with Gasteiger partial charge in [0.25, 0.3) is 0 Å². The topological polar surface area (TPSA) is 28.2 Å². The molecule has 1 saturated heterocycles. The number of hydrogen-bond donors (Lipinski definition) is 1. The third kappa shape index (κ3) is 2.94. The SMILES string of the molecule is CN1CCC[C@H]1CNCc1ccc2ccccc2n1. The summed E-state index contributed by atoms with van der Waals surface area (Å²) in [4.78, 5) is 7.13. The van der Waals surface area contributed by atoms with Crippen molar-refractivity contribution < 1.29 is 0 Å². The van der Waals surface area contributed by atoms with Gasteiger partial charge < -0.3 is 10.2 Å². The molecule has 0 amide bonds. The number of fused-ring (bicyclic) bond motifs is 1. The summed E-state index contributed by atoms with van der Waals surface area (Å²) < 4.78 is 0. The van der Waals surface area contributed by atoms with Gasteiger partial charge in [0.05, 0.1) is 11.2 Å². The molecule has 19 heavy (non-hydrogen) atoms. The first-order valence-corrected chi connectivity index (χ1v) is 7.08. The molecule has 1 aromatic carbocycles. The number of pyridine rings is 1. The van der Waals surface area contributed by atoms with Gasteiger partial charge in [-0.15, -0.1) is 0 Å². The lowest BCUT2D eigenvalue weighted by Gasteiger charge is -2.19. The van der Waals surface area contributed by atoms with Crippen molar-refractivity contribution >= 4 is 10.9 Å². The first kappa shape index (κ1) is 12.6. The summed E-state index contributed by atoms with van der Waals surface area (Å²) in [6.07, 6.45) is 2.64. The molecule has 0 aliphatic carbocycles. The number of nitrogens with zero attached hydrogens (tertiary/aromatic N) is 2. The zero-order valence-corrected chi connectivity index (χ0v) is 11.5. The molecule has 0 unspecified atom stereocenters. The molecular formula is C16H21N3. The van der Waals surface area contributed by atoms with Gasteiger partial charge in [-0.25, -0.2) is 0 Å². The quantitative estimate of drug-likeness (QED) is 0.909. The van der Waals surface area contributed by atoms with Crippen molar-refractivity contribution in [1.82, 2.24) is 15.2 Å². The number of aromatic nitrogens is 1. The molecule has 3 rings (SSSR count). The Labute approximate surface area is 114 Å². The van der Waals surface area contributed by atoms with Gasteiger partial charge >= 0.3 is 0 Å². The molecule has 100 valence electrons. The average molecular weight is 255 g/mol. The number of nitrogens with one attached hydrogen (secondary N) is 1. The lowest BCUT2D eigenvalue weighted by atomic mass is 10.2. The van der Waals surface area contributed by atoms with Crippen LogP contribution in [0.2, 0.25) is 0 Å². The summed E-state index contributed by atoms with van der Waals surface area (Å²) in [6.45, 7) is 3.15. The fourth-order valence-electron chi connectivity index (χ4n) is 2.81. The standard InChI is InChI=1S/C16H21N3/c1-19-10-4-6-15(19)12-17-11-14-9-8-13-5-2-3-7-16(13)18-14/h2-3,5,7-9,15,17H,4,6,10-12H2,1H3/t15-/m0/s1. The molecule has 2 heterocycles. The van der Waals surface area contributed by atoms with E-state index in [9.17, 15) is 0 Å². The van der Waals surface area contributed by atoms with E-state index in [1.165, 1.54) is 24.8 Å². The third-order valence-electron chi connectivity index (χ3n) is 4.01. The normalized spacial score (nSPS) is 20.2. The van der Waals surface area contributed by atoms with E-state index in [4.69, 9.17) is 0 Å². The highest BCUT2D eigenvalue weighted by atomic mass is 15.2. The molecule has 1 atom stereocenters. The summed E-state index contributed by atoms with van der Waals surface area (Å²) in [6, 6.07) is 13.2. The Morgan fingerprint density at radius 2 is 2.16 bits per heavy atom. The van der Waals surface area contributed by atoms with Crippen LogP contribution in [-0.4, -0.2) is 36.1 Å². The van der Waals surface area contributed by atoms with Gasteiger partial charge in [-0.3, -0.25) is 4.98 Å². The van der Waals surface area contributed by atoms with Gasteiger partial charge in [-0.05, 0) is 38.6 Å². The monoisotopic (exact) mass is 255 g/mol. The van der Waals surface area contributed by atoms with Crippen molar-refractivity contribution in [2.75, 3.05) is 20.1 Å². The van der Waals surface area contributed by atoms with Crippen molar-refractivity contribution in [2.24, 2.45) is 0 Å². The van der Waals surface area contributed by atoms with Crippen LogP contribution in [-0.2, 0) is 6.54 Å². The lowest BCUT2D eigenvalue weighted by molar-refractivity contribution is 0.300. The van der Waals surface area contributed by atoms with Crippen molar-refractivity contribution in [3.63, 3.8) is 0 Å². The molecule has 1 aliphatic rings. The van der Waals surface area contributed by atoms with E-state index in [-0.39, 0.29) is 0 Å². The summed E-state index contributed by atoms with van der Waals surface area (Å²) in [5, 5.41) is 4.74. The predicted octanol–water partition coefficient (Wildman–Crippen LogP) is 2.42. The van der Waals surface area contributed by atoms with Crippen LogP contribution in [0.5, 0.6) is 0 Å². The Bertz CT molecular complexity index is 552. The summed E-state index contributed by atoms with van der Waals surface area (Å²) in [5.41, 5.74) is 2.21. The van der Waals surface area contributed by atoms with Crippen LogP contribution < -0.4 is 5.32 Å². The minimum absolute atomic E-state index is 0.695. The molecule has 2 aromatic rings. The van der Waals surface area contributed by atoms with Gasteiger partial charge in [0.15, 0.2) is 0 Å². The maximum Gasteiger partial charge on any atom is 0.0705 e. The van der Waals surface area contributed by atoms with Crippen molar-refractivity contribution in [1.29, 1.82) is 0 Å². The van der Waals surface area contributed by atoms with Crippen molar-refractivity contribution in [3.8, 4) is 0 Å². The maximum absolute atomic E-state index is 4.68. The van der Waals surface area contributed by atoms with Crippen LogP contribution in [0, 0.1) is 0 Å².